The zero-order valence-electron chi connectivity index (χ0n) is 17.2. The molecule has 2 unspecified atom stereocenters. The van der Waals surface area contributed by atoms with E-state index in [1.165, 1.54) is 30.1 Å². The maximum absolute atomic E-state index is 13.9. The molecule has 0 spiro atoms. The lowest BCUT2D eigenvalue weighted by molar-refractivity contribution is -0.130. The van der Waals surface area contributed by atoms with Gasteiger partial charge in [0.15, 0.2) is 0 Å². The predicted octanol–water partition coefficient (Wildman–Crippen LogP) is 1.36. The minimum atomic E-state index is -1.43. The van der Waals surface area contributed by atoms with Crippen LogP contribution in [0.25, 0.3) is 0 Å². The fraction of sp³-hybridized carbons (Fsp3) is 0.450. The van der Waals surface area contributed by atoms with Crippen LogP contribution in [-0.2, 0) is 11.8 Å². The van der Waals surface area contributed by atoms with Crippen LogP contribution >= 0.6 is 0 Å². The first-order valence-corrected chi connectivity index (χ1v) is 9.16. The Morgan fingerprint density at radius 2 is 2.00 bits per heavy atom. The molecule has 0 aliphatic rings. The van der Waals surface area contributed by atoms with Gasteiger partial charge in [0, 0.05) is 25.7 Å². The highest BCUT2D eigenvalue weighted by Gasteiger charge is 2.29. The highest BCUT2D eigenvalue weighted by atomic mass is 19.1. The van der Waals surface area contributed by atoms with E-state index in [1.807, 2.05) is 0 Å². The van der Waals surface area contributed by atoms with Crippen LogP contribution in [0, 0.1) is 5.82 Å². The molecule has 8 nitrogen and oxygen atoms in total. The summed E-state index contributed by atoms with van der Waals surface area (Å²) in [6.07, 6.45) is 0.0969. The smallest absolute Gasteiger partial charge is 0.258 e. The first-order chi connectivity index (χ1) is 13.6. The van der Waals surface area contributed by atoms with Crippen LogP contribution < -0.4 is 15.4 Å². The summed E-state index contributed by atoms with van der Waals surface area (Å²) in [5.74, 6) is -2.08. The third-order valence-corrected chi connectivity index (χ3v) is 4.53. The molecular formula is C20H27FN4O4. The van der Waals surface area contributed by atoms with Crippen LogP contribution in [0.1, 0.15) is 42.6 Å². The van der Waals surface area contributed by atoms with Crippen molar-refractivity contribution in [3.8, 4) is 5.88 Å². The van der Waals surface area contributed by atoms with Crippen LogP contribution in [0.5, 0.6) is 5.88 Å². The Morgan fingerprint density at radius 1 is 1.34 bits per heavy atom. The van der Waals surface area contributed by atoms with Crippen molar-refractivity contribution in [3.05, 3.63) is 47.4 Å². The summed E-state index contributed by atoms with van der Waals surface area (Å²) in [6.45, 7) is 5.08. The number of hydrogen-bond acceptors (Lipinski definition) is 5. The maximum atomic E-state index is 13.9. The minimum absolute atomic E-state index is 0.0567. The van der Waals surface area contributed by atoms with E-state index < -0.39 is 35.2 Å². The van der Waals surface area contributed by atoms with Gasteiger partial charge < -0.3 is 20.5 Å². The van der Waals surface area contributed by atoms with Gasteiger partial charge in [-0.2, -0.15) is 0 Å². The topological polar surface area (TPSA) is 105 Å². The molecule has 0 bridgehead atoms. The molecule has 158 valence electrons. The number of nitrogens with one attached hydrogen (secondary N) is 2. The normalized spacial score (nSPS) is 13.5. The molecule has 2 rings (SSSR count). The fourth-order valence-electron chi connectivity index (χ4n) is 2.85. The van der Waals surface area contributed by atoms with Gasteiger partial charge in [0.1, 0.15) is 17.5 Å². The Balaban J connectivity index is 1.97. The number of amides is 2. The first-order valence-electron chi connectivity index (χ1n) is 9.16. The lowest BCUT2D eigenvalue weighted by Crippen LogP contribution is -2.53. The minimum Gasteiger partial charge on any atom is -0.479 e. The van der Waals surface area contributed by atoms with Crippen molar-refractivity contribution >= 4 is 11.8 Å². The molecule has 9 heteroatoms. The molecule has 2 amide bonds. The number of nitrogens with zero attached hydrogens (tertiary/aromatic N) is 2. The van der Waals surface area contributed by atoms with E-state index >= 15 is 0 Å². The Labute approximate surface area is 169 Å². The van der Waals surface area contributed by atoms with E-state index in [0.29, 0.717) is 0 Å². The standard InChI is InChI=1S/C20H27FN4O4/c1-12(13-8-6-7-9-15(13)21)16(26)18(28)22-11-20(2,3)23-17(27)14-10-25(4)24-19(14)29-5/h6-10,12,16,26H,11H2,1-5H3,(H,22,28)(H,23,27). The van der Waals surface area contributed by atoms with Gasteiger partial charge in [0.25, 0.3) is 5.91 Å². The number of carbonyl (C=O) groups is 2. The molecule has 0 aliphatic carbocycles. The molecule has 0 radical (unpaired) electrons. The average molecular weight is 406 g/mol. The maximum Gasteiger partial charge on any atom is 0.258 e. The predicted molar refractivity (Wildman–Crippen MR) is 105 cm³/mol. The van der Waals surface area contributed by atoms with Crippen LogP contribution in [0.3, 0.4) is 0 Å². The van der Waals surface area contributed by atoms with E-state index in [-0.39, 0.29) is 23.6 Å². The highest BCUT2D eigenvalue weighted by Crippen LogP contribution is 2.22. The molecule has 3 N–H and O–H groups in total. The Morgan fingerprint density at radius 3 is 2.62 bits per heavy atom. The Hall–Kier alpha value is -2.94. The largest absolute Gasteiger partial charge is 0.479 e. The van der Waals surface area contributed by atoms with Gasteiger partial charge in [-0.3, -0.25) is 14.3 Å². The highest BCUT2D eigenvalue weighted by molar-refractivity contribution is 5.96. The second-order valence-electron chi connectivity index (χ2n) is 7.54. The van der Waals surface area contributed by atoms with E-state index in [0.717, 1.165) is 0 Å². The summed E-state index contributed by atoms with van der Waals surface area (Å²) in [4.78, 5) is 24.9. The van der Waals surface area contributed by atoms with E-state index in [9.17, 15) is 19.1 Å². The van der Waals surface area contributed by atoms with Gasteiger partial charge in [-0.25, -0.2) is 4.39 Å². The third-order valence-electron chi connectivity index (χ3n) is 4.53. The molecule has 1 aromatic heterocycles. The number of carbonyl (C=O) groups excluding carboxylic acids is 2. The van der Waals surface area contributed by atoms with E-state index in [1.54, 1.807) is 40.0 Å². The Kier molecular flexibility index (Phi) is 6.97. The third kappa shape index (κ3) is 5.54. The summed E-state index contributed by atoms with van der Waals surface area (Å²) in [5, 5.41) is 19.7. The van der Waals surface area contributed by atoms with Gasteiger partial charge >= 0.3 is 0 Å². The van der Waals surface area contributed by atoms with Crippen molar-refractivity contribution in [1.82, 2.24) is 20.4 Å². The average Bonchev–Trinajstić information content (AvgIpc) is 3.06. The SMILES string of the molecule is COc1nn(C)cc1C(=O)NC(C)(C)CNC(=O)C(O)C(C)c1ccccc1F. The summed E-state index contributed by atoms with van der Waals surface area (Å²) in [7, 11) is 3.09. The number of aliphatic hydroxyl groups excluding tert-OH is 1. The molecule has 1 aromatic carbocycles. The van der Waals surface area contributed by atoms with Crippen molar-refractivity contribution in [2.45, 2.75) is 38.3 Å². The van der Waals surface area contributed by atoms with Crippen LogP contribution in [0.4, 0.5) is 4.39 Å². The number of aryl methyl sites for hydroxylation is 1. The van der Waals surface area contributed by atoms with E-state index in [2.05, 4.69) is 15.7 Å². The van der Waals surface area contributed by atoms with Crippen molar-refractivity contribution in [2.24, 2.45) is 7.05 Å². The summed E-state index contributed by atoms with van der Waals surface area (Å²) < 4.78 is 20.4. The molecule has 0 saturated carbocycles. The zero-order chi connectivity index (χ0) is 21.8. The monoisotopic (exact) mass is 406 g/mol. The van der Waals surface area contributed by atoms with Gasteiger partial charge in [-0.05, 0) is 25.5 Å². The molecule has 0 saturated heterocycles. The number of ether oxygens (including phenoxy) is 1. The van der Waals surface area contributed by atoms with Crippen molar-refractivity contribution in [3.63, 3.8) is 0 Å². The molecule has 1 heterocycles. The van der Waals surface area contributed by atoms with Crippen LogP contribution in [0.2, 0.25) is 0 Å². The second kappa shape index (κ2) is 9.04. The van der Waals surface area contributed by atoms with Crippen molar-refractivity contribution < 1.29 is 23.8 Å². The van der Waals surface area contributed by atoms with Gasteiger partial charge in [0.05, 0.1) is 12.6 Å². The van der Waals surface area contributed by atoms with Crippen LogP contribution in [0.15, 0.2) is 30.5 Å². The van der Waals surface area contributed by atoms with Crippen LogP contribution in [-0.4, -0.2) is 52.0 Å². The number of benzene rings is 1. The number of hydrogen-bond donors (Lipinski definition) is 3. The number of halogens is 1. The summed E-state index contributed by atoms with van der Waals surface area (Å²) in [6, 6.07) is 6.00. The van der Waals surface area contributed by atoms with Gasteiger partial charge in [0.2, 0.25) is 11.8 Å². The van der Waals surface area contributed by atoms with Crippen molar-refractivity contribution in [1.29, 1.82) is 0 Å². The number of methoxy groups -OCH3 is 1. The molecular weight excluding hydrogens is 379 g/mol. The Bertz CT molecular complexity index is 881. The molecule has 2 aromatic rings. The summed E-state index contributed by atoms with van der Waals surface area (Å²) in [5.41, 5.74) is -0.303. The van der Waals surface area contributed by atoms with Crippen molar-refractivity contribution in [2.75, 3.05) is 13.7 Å². The number of aliphatic hydroxyl groups is 1. The molecule has 29 heavy (non-hydrogen) atoms. The lowest BCUT2D eigenvalue weighted by Gasteiger charge is -2.28. The summed E-state index contributed by atoms with van der Waals surface area (Å²) >= 11 is 0. The lowest BCUT2D eigenvalue weighted by atomic mass is 9.94. The number of aromatic nitrogens is 2. The molecule has 0 fully saturated rings. The second-order valence-corrected chi connectivity index (χ2v) is 7.54. The molecule has 2 atom stereocenters. The quantitative estimate of drug-likeness (QED) is 0.614. The van der Waals surface area contributed by atoms with E-state index in [4.69, 9.17) is 4.74 Å². The zero-order valence-corrected chi connectivity index (χ0v) is 17.2. The molecule has 0 aliphatic heterocycles. The van der Waals surface area contributed by atoms with Gasteiger partial charge in [-0.15, -0.1) is 5.10 Å². The number of rotatable bonds is 8. The first kappa shape index (κ1) is 22.4. The van der Waals surface area contributed by atoms with Gasteiger partial charge in [-0.1, -0.05) is 25.1 Å². The fourth-order valence-corrected chi connectivity index (χ4v) is 2.85.